The molecular weight excluding hydrogens is 1060 g/mol. The smallest absolute Gasteiger partial charge is 0.148 e. The molecule has 0 aliphatic rings. The van der Waals surface area contributed by atoms with Crippen LogP contribution in [0.3, 0.4) is 0 Å². The zero-order valence-electron chi connectivity index (χ0n) is 44.7. The van der Waals surface area contributed by atoms with Gasteiger partial charge in [0.25, 0.3) is 0 Å². The first kappa shape index (κ1) is 52.0. The molecule has 9 rings (SSSR count). The van der Waals surface area contributed by atoms with Crippen molar-refractivity contribution in [1.82, 2.24) is 14.5 Å². The standard InChI is InChI=1S/C67H70N3O.Pt/c1-42(2)52-23-18-19-24-53(52)45-29-27-43(28-30-45)46-33-34-68-58(38-46)48-35-47(36-50(37-48)65(6,7)8)54-25-20-26-60-61(54)69-63(56-40-51(66(9,10)11)41-57(62(56)71)67(12,13)14)70(60)59-32-31-49(64(3,4)5)39-55(59)44-21-16-15-17-22-44;/h15-34,36-42,71H,1-14H3;/q-1;. The molecule has 0 amide bonds. The van der Waals surface area contributed by atoms with Crippen molar-refractivity contribution in [2.45, 2.75) is 125 Å². The largest absolute Gasteiger partial charge is 0.507 e. The number of benzene rings is 7. The van der Waals surface area contributed by atoms with Crippen LogP contribution in [0.25, 0.3) is 83.9 Å². The molecule has 0 atom stereocenters. The molecule has 0 bridgehead atoms. The van der Waals surface area contributed by atoms with E-state index in [1.165, 1.54) is 27.8 Å². The summed E-state index contributed by atoms with van der Waals surface area (Å²) in [6.07, 6.45) is 1.91. The van der Waals surface area contributed by atoms with E-state index in [0.717, 1.165) is 72.5 Å². The number of aromatic hydroxyl groups is 1. The molecule has 0 fully saturated rings. The van der Waals surface area contributed by atoms with Crippen molar-refractivity contribution in [3.8, 4) is 78.6 Å². The summed E-state index contributed by atoms with van der Waals surface area (Å²) in [4.78, 5) is 10.7. The van der Waals surface area contributed by atoms with E-state index in [1.54, 1.807) is 0 Å². The molecule has 9 aromatic rings. The van der Waals surface area contributed by atoms with Crippen LogP contribution in [0.4, 0.5) is 0 Å². The van der Waals surface area contributed by atoms with Crippen LogP contribution in [-0.4, -0.2) is 19.6 Å². The number of pyridine rings is 1. The number of phenols is 1. The van der Waals surface area contributed by atoms with E-state index in [2.05, 4.69) is 259 Å². The summed E-state index contributed by atoms with van der Waals surface area (Å²) in [5, 5.41) is 12.6. The van der Waals surface area contributed by atoms with Crippen LogP contribution < -0.4 is 0 Å². The fourth-order valence-corrected chi connectivity index (χ4v) is 9.75. The molecule has 5 heteroatoms. The zero-order chi connectivity index (χ0) is 50.8. The monoisotopic (exact) mass is 1130 g/mol. The number of para-hydroxylation sites is 1. The third-order valence-corrected chi connectivity index (χ3v) is 14.1. The fraction of sp³-hybridized carbons (Fsp3) is 0.284. The van der Waals surface area contributed by atoms with E-state index >= 15 is 0 Å². The molecule has 0 aliphatic heterocycles. The number of hydrogen-bond acceptors (Lipinski definition) is 3. The molecule has 2 aromatic heterocycles. The van der Waals surface area contributed by atoms with Gasteiger partial charge in [-0.3, -0.25) is 9.55 Å². The normalized spacial score (nSPS) is 12.4. The fourth-order valence-electron chi connectivity index (χ4n) is 9.75. The summed E-state index contributed by atoms with van der Waals surface area (Å²) < 4.78 is 2.29. The molecule has 0 aliphatic carbocycles. The van der Waals surface area contributed by atoms with E-state index in [1.807, 2.05) is 6.20 Å². The van der Waals surface area contributed by atoms with E-state index < -0.39 is 0 Å². The van der Waals surface area contributed by atoms with Gasteiger partial charge in [0.05, 0.1) is 22.3 Å². The Hall–Kier alpha value is -6.35. The quantitative estimate of drug-likeness (QED) is 0.154. The number of nitrogens with zero attached hydrogens (tertiary/aromatic N) is 3. The van der Waals surface area contributed by atoms with Gasteiger partial charge in [-0.25, -0.2) is 4.98 Å². The summed E-state index contributed by atoms with van der Waals surface area (Å²) in [6, 6.07) is 58.6. The van der Waals surface area contributed by atoms with Gasteiger partial charge < -0.3 is 5.11 Å². The molecule has 4 nitrogen and oxygen atoms in total. The summed E-state index contributed by atoms with van der Waals surface area (Å²) in [5.74, 6) is 1.37. The Labute approximate surface area is 443 Å². The van der Waals surface area contributed by atoms with Crippen LogP contribution >= 0.6 is 0 Å². The number of aromatic nitrogens is 3. The maximum Gasteiger partial charge on any atom is 0.148 e. The summed E-state index contributed by atoms with van der Waals surface area (Å²) in [6.45, 7) is 31.3. The van der Waals surface area contributed by atoms with Crippen molar-refractivity contribution in [3.05, 3.63) is 192 Å². The van der Waals surface area contributed by atoms with Crippen LogP contribution in [0.2, 0.25) is 0 Å². The maximum absolute atomic E-state index is 12.6. The average Bonchev–Trinajstić information content (AvgIpc) is 3.72. The third-order valence-electron chi connectivity index (χ3n) is 14.1. The van der Waals surface area contributed by atoms with Crippen molar-refractivity contribution < 1.29 is 26.2 Å². The van der Waals surface area contributed by atoms with Crippen LogP contribution in [0.5, 0.6) is 5.75 Å². The Morgan fingerprint density at radius 1 is 0.486 bits per heavy atom. The van der Waals surface area contributed by atoms with Crippen molar-refractivity contribution in [2.24, 2.45) is 0 Å². The summed E-state index contributed by atoms with van der Waals surface area (Å²) >= 11 is 0. The third kappa shape index (κ3) is 10.3. The van der Waals surface area contributed by atoms with E-state index in [4.69, 9.17) is 9.97 Å². The van der Waals surface area contributed by atoms with Gasteiger partial charge in [0.2, 0.25) is 0 Å². The van der Waals surface area contributed by atoms with Gasteiger partial charge in [-0.2, -0.15) is 0 Å². The molecule has 0 unspecified atom stereocenters. The first-order valence-corrected chi connectivity index (χ1v) is 25.3. The van der Waals surface area contributed by atoms with Crippen molar-refractivity contribution >= 4 is 11.0 Å². The van der Waals surface area contributed by atoms with Gasteiger partial charge in [0.15, 0.2) is 0 Å². The van der Waals surface area contributed by atoms with Crippen molar-refractivity contribution in [2.75, 3.05) is 0 Å². The van der Waals surface area contributed by atoms with E-state index in [-0.39, 0.29) is 48.5 Å². The molecule has 370 valence electrons. The Morgan fingerprint density at radius 3 is 1.72 bits per heavy atom. The van der Waals surface area contributed by atoms with E-state index in [9.17, 15) is 5.11 Å². The van der Waals surface area contributed by atoms with Gasteiger partial charge >= 0.3 is 0 Å². The average molecular weight is 1130 g/mol. The number of fused-ring (bicyclic) bond motifs is 1. The molecule has 0 spiro atoms. The van der Waals surface area contributed by atoms with Crippen LogP contribution in [0.1, 0.15) is 131 Å². The van der Waals surface area contributed by atoms with Crippen LogP contribution in [0, 0.1) is 6.07 Å². The second-order valence-corrected chi connectivity index (χ2v) is 23.9. The minimum atomic E-state index is -0.334. The van der Waals surface area contributed by atoms with Gasteiger partial charge in [0.1, 0.15) is 11.6 Å². The number of hydrogen-bond donors (Lipinski definition) is 1. The number of imidazole rings is 1. The van der Waals surface area contributed by atoms with Crippen LogP contribution in [-0.2, 0) is 42.7 Å². The Bertz CT molecular complexity index is 3420. The zero-order valence-corrected chi connectivity index (χ0v) is 47.0. The Balaban J connectivity index is 0.00000693. The Kier molecular flexibility index (Phi) is 14.1. The predicted molar refractivity (Wildman–Crippen MR) is 301 cm³/mol. The maximum atomic E-state index is 12.6. The predicted octanol–water partition coefficient (Wildman–Crippen LogP) is 18.2. The summed E-state index contributed by atoms with van der Waals surface area (Å²) in [5.41, 5.74) is 19.0. The number of rotatable bonds is 8. The minimum absolute atomic E-state index is 0. The Morgan fingerprint density at radius 2 is 1.07 bits per heavy atom. The van der Waals surface area contributed by atoms with Gasteiger partial charge in [0, 0.05) is 44.1 Å². The second kappa shape index (κ2) is 19.6. The van der Waals surface area contributed by atoms with Gasteiger partial charge in [-0.15, -0.1) is 29.3 Å². The SMILES string of the molecule is CC(C)c1ccccc1-c1ccc(-c2ccnc(-c3[c-]c(-c4cccc5c4nc(-c4cc(C(C)(C)C)cc(C(C)(C)C)c4O)n5-c4ccc(C(C)(C)C)cc4-c4ccccc4)cc(C(C)(C)C)c3)c2)cc1.[Pt]. The molecule has 1 N–H and O–H groups in total. The topological polar surface area (TPSA) is 50.9 Å². The molecule has 72 heavy (non-hydrogen) atoms. The van der Waals surface area contributed by atoms with Crippen molar-refractivity contribution in [1.29, 1.82) is 0 Å². The second-order valence-electron chi connectivity index (χ2n) is 23.9. The molecule has 7 aromatic carbocycles. The van der Waals surface area contributed by atoms with Crippen molar-refractivity contribution in [3.63, 3.8) is 0 Å². The minimum Gasteiger partial charge on any atom is -0.507 e. The van der Waals surface area contributed by atoms with Gasteiger partial charge in [-0.05, 0) is 102 Å². The van der Waals surface area contributed by atoms with Gasteiger partial charge in [-0.1, -0.05) is 217 Å². The first-order chi connectivity index (χ1) is 33.5. The number of phenolic OH excluding ortho intramolecular Hbond substituents is 1. The molecule has 0 radical (unpaired) electrons. The molecule has 2 heterocycles. The molecule has 0 saturated heterocycles. The van der Waals surface area contributed by atoms with E-state index in [0.29, 0.717) is 17.3 Å². The first-order valence-electron chi connectivity index (χ1n) is 25.3. The molecular formula is C67H70N3OPt-. The summed E-state index contributed by atoms with van der Waals surface area (Å²) in [7, 11) is 0. The molecule has 0 saturated carbocycles. The van der Waals surface area contributed by atoms with Crippen LogP contribution in [0.15, 0.2) is 158 Å².